The lowest BCUT2D eigenvalue weighted by molar-refractivity contribution is -0.0318. The van der Waals surface area contributed by atoms with Crippen molar-refractivity contribution < 1.29 is 19.2 Å². The van der Waals surface area contributed by atoms with Gasteiger partial charge in [0.1, 0.15) is 5.82 Å². The minimum Gasteiger partial charge on any atom is -0.387 e. The number of nitrogens with one attached hydrogen (secondary N) is 1. The van der Waals surface area contributed by atoms with Gasteiger partial charge >= 0.3 is 6.03 Å². The molecule has 1 aliphatic rings. The fraction of sp³-hybridized carbons (Fsp3) is 0.200. The summed E-state index contributed by atoms with van der Waals surface area (Å²) in [6, 6.07) is 13.3. The molecule has 3 rings (SSSR count). The topological polar surface area (TPSA) is 74.2 Å². The molecule has 0 fully saturated rings. The van der Waals surface area contributed by atoms with Gasteiger partial charge < -0.3 is 10.2 Å². The van der Waals surface area contributed by atoms with Crippen molar-refractivity contribution in [2.45, 2.75) is 12.5 Å². The summed E-state index contributed by atoms with van der Waals surface area (Å²) in [7, 11) is 1.45. The second-order valence-electron chi connectivity index (χ2n) is 6.05. The van der Waals surface area contributed by atoms with E-state index in [1.54, 1.807) is 18.2 Å². The molecule has 2 aromatic carbocycles. The van der Waals surface area contributed by atoms with E-state index in [9.17, 15) is 14.4 Å². The lowest BCUT2D eigenvalue weighted by Gasteiger charge is -2.11. The van der Waals surface area contributed by atoms with E-state index in [0.717, 1.165) is 22.4 Å². The smallest absolute Gasteiger partial charge is 0.341 e. The van der Waals surface area contributed by atoms with Crippen LogP contribution in [0, 0.1) is 5.82 Å². The standard InChI is InChI=1S/C20H20FN3O3/c1-22-20(25)24(26)11-3-5-14-4-2-6-16(12-14)18-13-19(27-23-18)15-7-9-17(21)10-8-15/h2-10,12,19,26H,11,13H2,1H3,(H,22,25). The molecule has 1 unspecified atom stereocenters. The first-order valence-corrected chi connectivity index (χ1v) is 8.50. The van der Waals surface area contributed by atoms with E-state index in [1.807, 2.05) is 30.3 Å². The van der Waals surface area contributed by atoms with Gasteiger partial charge in [0, 0.05) is 19.0 Å². The van der Waals surface area contributed by atoms with E-state index in [-0.39, 0.29) is 18.5 Å². The van der Waals surface area contributed by atoms with Crippen LogP contribution in [0.25, 0.3) is 6.08 Å². The lowest BCUT2D eigenvalue weighted by Crippen LogP contribution is -2.35. The number of hydrogen-bond donors (Lipinski definition) is 2. The number of amides is 2. The average molecular weight is 369 g/mol. The number of urea groups is 1. The molecule has 6 nitrogen and oxygen atoms in total. The number of hydroxylamine groups is 2. The van der Waals surface area contributed by atoms with Gasteiger partial charge in [0.05, 0.1) is 12.3 Å². The first-order valence-electron chi connectivity index (χ1n) is 8.50. The largest absolute Gasteiger partial charge is 0.387 e. The summed E-state index contributed by atoms with van der Waals surface area (Å²) in [5.41, 5.74) is 3.52. The third-order valence-electron chi connectivity index (χ3n) is 4.17. The normalized spacial score (nSPS) is 16.1. The Labute approximate surface area is 156 Å². The monoisotopic (exact) mass is 369 g/mol. The van der Waals surface area contributed by atoms with Gasteiger partial charge in [-0.2, -0.15) is 0 Å². The highest BCUT2D eigenvalue weighted by Crippen LogP contribution is 2.29. The maximum absolute atomic E-state index is 13.1. The van der Waals surface area contributed by atoms with Crippen LogP contribution in [0.3, 0.4) is 0 Å². The van der Waals surface area contributed by atoms with Gasteiger partial charge in [-0.3, -0.25) is 5.21 Å². The van der Waals surface area contributed by atoms with E-state index < -0.39 is 6.03 Å². The second kappa shape index (κ2) is 8.46. The van der Waals surface area contributed by atoms with Crippen LogP contribution < -0.4 is 5.32 Å². The highest BCUT2D eigenvalue weighted by molar-refractivity contribution is 6.01. The van der Waals surface area contributed by atoms with E-state index in [1.165, 1.54) is 19.2 Å². The molecule has 140 valence electrons. The zero-order valence-electron chi connectivity index (χ0n) is 14.8. The molecule has 0 saturated heterocycles. The highest BCUT2D eigenvalue weighted by Gasteiger charge is 2.23. The minimum absolute atomic E-state index is 0.0700. The van der Waals surface area contributed by atoms with Crippen LogP contribution in [-0.2, 0) is 4.84 Å². The van der Waals surface area contributed by atoms with Crippen LogP contribution >= 0.6 is 0 Å². The van der Waals surface area contributed by atoms with Crippen molar-refractivity contribution in [3.63, 3.8) is 0 Å². The van der Waals surface area contributed by atoms with Crippen molar-refractivity contribution >= 4 is 17.8 Å². The Balaban J connectivity index is 1.64. The average Bonchev–Trinajstić information content (AvgIpc) is 3.18. The zero-order valence-corrected chi connectivity index (χ0v) is 14.8. The molecule has 7 heteroatoms. The van der Waals surface area contributed by atoms with E-state index in [2.05, 4.69) is 10.5 Å². The molecule has 27 heavy (non-hydrogen) atoms. The molecule has 1 atom stereocenters. The summed E-state index contributed by atoms with van der Waals surface area (Å²) in [6.45, 7) is 0.0700. The molecule has 0 spiro atoms. The maximum Gasteiger partial charge on any atom is 0.341 e. The summed E-state index contributed by atoms with van der Waals surface area (Å²) in [5.74, 6) is -0.282. The Morgan fingerprint density at radius 2 is 2.15 bits per heavy atom. The predicted molar refractivity (Wildman–Crippen MR) is 99.8 cm³/mol. The molecular weight excluding hydrogens is 349 g/mol. The third kappa shape index (κ3) is 4.71. The Morgan fingerprint density at radius 3 is 2.89 bits per heavy atom. The van der Waals surface area contributed by atoms with E-state index in [0.29, 0.717) is 11.5 Å². The van der Waals surface area contributed by atoms with Gasteiger partial charge in [0.2, 0.25) is 0 Å². The van der Waals surface area contributed by atoms with Crippen molar-refractivity contribution in [1.82, 2.24) is 10.4 Å². The van der Waals surface area contributed by atoms with E-state index in [4.69, 9.17) is 4.84 Å². The van der Waals surface area contributed by atoms with Gasteiger partial charge in [-0.05, 0) is 29.3 Å². The number of rotatable bonds is 5. The molecule has 0 aromatic heterocycles. The third-order valence-corrected chi connectivity index (χ3v) is 4.17. The van der Waals surface area contributed by atoms with E-state index >= 15 is 0 Å². The van der Waals surface area contributed by atoms with Crippen molar-refractivity contribution in [2.75, 3.05) is 13.6 Å². The summed E-state index contributed by atoms with van der Waals surface area (Å²) < 4.78 is 13.1. The minimum atomic E-state index is -0.572. The number of benzene rings is 2. The van der Waals surface area contributed by atoms with Crippen molar-refractivity contribution in [3.8, 4) is 0 Å². The molecule has 0 bridgehead atoms. The van der Waals surface area contributed by atoms with Gasteiger partial charge in [0.25, 0.3) is 0 Å². The number of hydrogen-bond acceptors (Lipinski definition) is 4. The molecule has 0 radical (unpaired) electrons. The number of halogens is 1. The molecule has 1 heterocycles. The first-order chi connectivity index (χ1) is 13.1. The summed E-state index contributed by atoms with van der Waals surface area (Å²) in [4.78, 5) is 16.7. The molecule has 2 aromatic rings. The number of carbonyl (C=O) groups excluding carboxylic acids is 1. The number of carbonyl (C=O) groups is 1. The number of nitrogens with zero attached hydrogens (tertiary/aromatic N) is 2. The van der Waals surface area contributed by atoms with Gasteiger partial charge in [-0.25, -0.2) is 14.2 Å². The van der Waals surface area contributed by atoms with Gasteiger partial charge in [0.15, 0.2) is 6.10 Å². The van der Waals surface area contributed by atoms with Crippen molar-refractivity contribution in [3.05, 3.63) is 77.1 Å². The fourth-order valence-electron chi connectivity index (χ4n) is 2.73. The van der Waals surface area contributed by atoms with Crippen LogP contribution in [0.5, 0.6) is 0 Å². The molecule has 0 saturated carbocycles. The van der Waals surface area contributed by atoms with Crippen LogP contribution in [0.1, 0.15) is 29.2 Å². The van der Waals surface area contributed by atoms with Gasteiger partial charge in [-0.15, -0.1) is 0 Å². The fourth-order valence-corrected chi connectivity index (χ4v) is 2.73. The Morgan fingerprint density at radius 1 is 1.37 bits per heavy atom. The maximum atomic E-state index is 13.1. The number of oxime groups is 1. The predicted octanol–water partition coefficient (Wildman–Crippen LogP) is 3.74. The van der Waals surface area contributed by atoms with Crippen molar-refractivity contribution in [1.29, 1.82) is 0 Å². The molecule has 2 amide bonds. The zero-order chi connectivity index (χ0) is 19.2. The Kier molecular flexibility index (Phi) is 5.83. The highest BCUT2D eigenvalue weighted by atomic mass is 19.1. The molecule has 0 aliphatic carbocycles. The molecular formula is C20H20FN3O3. The van der Waals surface area contributed by atoms with Crippen LogP contribution in [-0.4, -0.2) is 35.6 Å². The summed E-state index contributed by atoms with van der Waals surface area (Å²) in [6.07, 6.45) is 3.86. The quantitative estimate of drug-likeness (QED) is 0.623. The Hall–Kier alpha value is -3.19. The van der Waals surface area contributed by atoms with Crippen molar-refractivity contribution in [2.24, 2.45) is 5.16 Å². The van der Waals surface area contributed by atoms with Crippen LogP contribution in [0.15, 0.2) is 59.8 Å². The Bertz CT molecular complexity index is 865. The molecule has 1 aliphatic heterocycles. The first kappa shape index (κ1) is 18.6. The molecule has 2 N–H and O–H groups in total. The summed E-state index contributed by atoms with van der Waals surface area (Å²) >= 11 is 0. The lowest BCUT2D eigenvalue weighted by atomic mass is 9.99. The second-order valence-corrected chi connectivity index (χ2v) is 6.05. The summed E-state index contributed by atoms with van der Waals surface area (Å²) in [5, 5.41) is 16.6. The van der Waals surface area contributed by atoms with Crippen LogP contribution in [0.2, 0.25) is 0 Å². The van der Waals surface area contributed by atoms with Gasteiger partial charge in [-0.1, -0.05) is 47.6 Å². The SMILES string of the molecule is CNC(=O)N(O)CC=Cc1cccc(C2=NOC(c3ccc(F)cc3)C2)c1. The van der Waals surface area contributed by atoms with Crippen LogP contribution in [0.4, 0.5) is 9.18 Å².